The van der Waals surface area contributed by atoms with Gasteiger partial charge in [-0.25, -0.2) is 23.0 Å². The van der Waals surface area contributed by atoms with Crippen molar-refractivity contribution in [3.63, 3.8) is 0 Å². The summed E-state index contributed by atoms with van der Waals surface area (Å²) in [5, 5.41) is 5.76. The Morgan fingerprint density at radius 3 is 2.35 bits per heavy atom. The van der Waals surface area contributed by atoms with E-state index in [0.717, 1.165) is 12.1 Å². The number of hydrogen-bond donors (Lipinski definition) is 0. The molecule has 0 aliphatic carbocycles. The lowest BCUT2D eigenvalue weighted by molar-refractivity contribution is -0.146. The molecule has 1 aliphatic rings. The summed E-state index contributed by atoms with van der Waals surface area (Å²) in [7, 11) is 1.22. The van der Waals surface area contributed by atoms with Crippen molar-refractivity contribution in [3.05, 3.63) is 86.8 Å². The largest absolute Gasteiger partial charge is 0.467 e. The van der Waals surface area contributed by atoms with Crippen molar-refractivity contribution in [2.75, 3.05) is 12.1 Å². The third-order valence-corrected chi connectivity index (χ3v) is 6.53. The summed E-state index contributed by atoms with van der Waals surface area (Å²) in [4.78, 5) is 13.8. The van der Waals surface area contributed by atoms with Gasteiger partial charge in [-0.3, -0.25) is 0 Å². The molecule has 3 aromatic rings. The summed E-state index contributed by atoms with van der Waals surface area (Å²) < 4.78 is 47.4. The molecule has 0 radical (unpaired) electrons. The topological polar surface area (TPSA) is 41.9 Å². The first-order valence-electron chi connectivity index (χ1n) is 9.19. The number of benzene rings is 2. The Morgan fingerprint density at radius 1 is 1.10 bits per heavy atom. The molecule has 1 aromatic heterocycles. The van der Waals surface area contributed by atoms with Crippen molar-refractivity contribution in [1.82, 2.24) is 0 Å². The van der Waals surface area contributed by atoms with E-state index in [0.29, 0.717) is 20.5 Å². The minimum absolute atomic E-state index is 0.0981. The summed E-state index contributed by atoms with van der Waals surface area (Å²) in [5.41, 5.74) is -0.684. The van der Waals surface area contributed by atoms with Crippen LogP contribution in [-0.4, -0.2) is 24.3 Å². The smallest absolute Gasteiger partial charge is 0.334 e. The molecule has 4 rings (SSSR count). The van der Waals surface area contributed by atoms with Gasteiger partial charge in [0.1, 0.15) is 11.6 Å². The molecule has 0 saturated heterocycles. The predicted octanol–water partition coefficient (Wildman–Crippen LogP) is 5.76. The zero-order chi connectivity index (χ0) is 22.3. The number of rotatable bonds is 4. The van der Waals surface area contributed by atoms with Crippen LogP contribution in [0.15, 0.2) is 59.7 Å². The molecule has 2 aromatic carbocycles. The Labute approximate surface area is 185 Å². The molecule has 4 nitrogen and oxygen atoms in total. The highest BCUT2D eigenvalue weighted by molar-refractivity contribution is 7.16. The predicted molar refractivity (Wildman–Crippen MR) is 114 cm³/mol. The summed E-state index contributed by atoms with van der Waals surface area (Å²) in [6.45, 7) is 1.57. The molecular formula is C22H16ClF3N2O2S. The molecule has 0 N–H and O–H groups in total. The van der Waals surface area contributed by atoms with Crippen molar-refractivity contribution in [2.45, 2.75) is 18.4 Å². The number of hydrazone groups is 1. The standard InChI is InChI=1S/C22H16ClF3N2O2S/c1-22(21(29)30-2)19(17-9-10-18(23)31-17)20(12-3-5-13(24)6-4-12)27-28(22)16-8-7-14(25)11-15(16)26/h3-11,19H,1-2H3. The SMILES string of the molecule is COC(=O)C1(C)C(c2ccc(Cl)s2)C(c2ccc(F)cc2)=NN1c1ccc(F)cc1F. The first-order valence-corrected chi connectivity index (χ1v) is 10.4. The van der Waals surface area contributed by atoms with Gasteiger partial charge in [0.25, 0.3) is 0 Å². The molecule has 0 saturated carbocycles. The van der Waals surface area contributed by atoms with E-state index in [1.807, 2.05) is 0 Å². The molecular weight excluding hydrogens is 449 g/mol. The maximum absolute atomic E-state index is 14.8. The van der Waals surface area contributed by atoms with Crippen molar-refractivity contribution < 1.29 is 22.7 Å². The number of carbonyl (C=O) groups excluding carboxylic acids is 1. The molecule has 1 aliphatic heterocycles. The van der Waals surface area contributed by atoms with Crippen LogP contribution >= 0.6 is 22.9 Å². The van der Waals surface area contributed by atoms with Crippen LogP contribution in [0.1, 0.15) is 23.3 Å². The van der Waals surface area contributed by atoms with Crippen molar-refractivity contribution in [3.8, 4) is 0 Å². The zero-order valence-corrected chi connectivity index (χ0v) is 18.0. The second-order valence-corrected chi connectivity index (χ2v) is 8.86. The Balaban J connectivity index is 1.98. The Kier molecular flexibility index (Phi) is 5.53. The number of esters is 1. The molecule has 0 spiro atoms. The molecule has 0 amide bonds. The van der Waals surface area contributed by atoms with Gasteiger partial charge in [0.2, 0.25) is 0 Å². The number of nitrogens with zero attached hydrogens (tertiary/aromatic N) is 2. The average Bonchev–Trinajstić information content (AvgIpc) is 3.29. The fourth-order valence-electron chi connectivity index (χ4n) is 3.77. The first kappa shape index (κ1) is 21.4. The number of thiophene rings is 1. The van der Waals surface area contributed by atoms with Crippen LogP contribution in [0, 0.1) is 17.5 Å². The lowest BCUT2D eigenvalue weighted by Crippen LogP contribution is -2.52. The third-order valence-electron chi connectivity index (χ3n) is 5.24. The van der Waals surface area contributed by atoms with E-state index in [1.54, 1.807) is 19.1 Å². The number of halogens is 4. The van der Waals surface area contributed by atoms with E-state index in [4.69, 9.17) is 16.3 Å². The second kappa shape index (κ2) is 8.01. The summed E-state index contributed by atoms with van der Waals surface area (Å²) in [6, 6.07) is 12.0. The van der Waals surface area contributed by atoms with Gasteiger partial charge in [0, 0.05) is 10.9 Å². The lowest BCUT2D eigenvalue weighted by atomic mass is 9.79. The number of carbonyl (C=O) groups is 1. The van der Waals surface area contributed by atoms with Crippen molar-refractivity contribution >= 4 is 40.3 Å². The van der Waals surface area contributed by atoms with E-state index in [9.17, 15) is 18.0 Å². The first-order chi connectivity index (χ1) is 14.8. The van der Waals surface area contributed by atoms with Crippen LogP contribution in [0.3, 0.4) is 0 Å². The fraction of sp³-hybridized carbons (Fsp3) is 0.182. The van der Waals surface area contributed by atoms with Crippen molar-refractivity contribution in [1.29, 1.82) is 0 Å². The number of hydrogen-bond acceptors (Lipinski definition) is 5. The van der Waals surface area contributed by atoms with Crippen LogP contribution in [0.25, 0.3) is 0 Å². The second-order valence-electron chi connectivity index (χ2n) is 7.11. The van der Waals surface area contributed by atoms with Crippen LogP contribution in [0.2, 0.25) is 4.34 Å². The third kappa shape index (κ3) is 3.59. The minimum Gasteiger partial charge on any atom is -0.467 e. The average molecular weight is 465 g/mol. The molecule has 2 atom stereocenters. The number of methoxy groups -OCH3 is 1. The van der Waals surface area contributed by atoms with Gasteiger partial charge in [-0.05, 0) is 48.9 Å². The molecule has 160 valence electrons. The maximum Gasteiger partial charge on any atom is 0.334 e. The van der Waals surface area contributed by atoms with Gasteiger partial charge in [-0.2, -0.15) is 5.10 Å². The van der Waals surface area contributed by atoms with Gasteiger partial charge in [-0.15, -0.1) is 11.3 Å². The van der Waals surface area contributed by atoms with Crippen LogP contribution in [-0.2, 0) is 9.53 Å². The van der Waals surface area contributed by atoms with Gasteiger partial charge in [0.15, 0.2) is 11.4 Å². The van der Waals surface area contributed by atoms with Gasteiger partial charge >= 0.3 is 5.97 Å². The Morgan fingerprint density at radius 2 is 1.77 bits per heavy atom. The van der Waals surface area contributed by atoms with Gasteiger partial charge in [0.05, 0.1) is 28.8 Å². The number of anilines is 1. The minimum atomic E-state index is -1.52. The fourth-order valence-corrected chi connectivity index (χ4v) is 5.05. The van der Waals surface area contributed by atoms with E-state index in [1.165, 1.54) is 53.8 Å². The molecule has 9 heteroatoms. The van der Waals surface area contributed by atoms with Crippen molar-refractivity contribution in [2.24, 2.45) is 5.10 Å². The highest BCUT2D eigenvalue weighted by Gasteiger charge is 2.56. The van der Waals surface area contributed by atoms with Crippen LogP contribution < -0.4 is 5.01 Å². The van der Waals surface area contributed by atoms with E-state index >= 15 is 0 Å². The maximum atomic E-state index is 14.8. The van der Waals surface area contributed by atoms with E-state index in [-0.39, 0.29) is 5.69 Å². The molecule has 31 heavy (non-hydrogen) atoms. The Hall–Kier alpha value is -2.84. The normalized spacial score (nSPS) is 20.6. The van der Waals surface area contributed by atoms with Crippen LogP contribution in [0.4, 0.5) is 18.9 Å². The van der Waals surface area contributed by atoms with Gasteiger partial charge < -0.3 is 4.74 Å². The molecule has 0 bridgehead atoms. The Bertz CT molecular complexity index is 1180. The molecule has 0 fully saturated rings. The van der Waals surface area contributed by atoms with E-state index in [2.05, 4.69) is 5.10 Å². The number of ether oxygens (including phenoxy) is 1. The summed E-state index contributed by atoms with van der Waals surface area (Å²) in [5.74, 6) is -3.47. The molecule has 2 unspecified atom stereocenters. The highest BCUT2D eigenvalue weighted by atomic mass is 35.5. The van der Waals surface area contributed by atoms with Gasteiger partial charge in [-0.1, -0.05) is 23.7 Å². The highest BCUT2D eigenvalue weighted by Crippen LogP contribution is 2.48. The quantitative estimate of drug-likeness (QED) is 0.461. The van der Waals surface area contributed by atoms with Crippen LogP contribution in [0.5, 0.6) is 0 Å². The molecule has 2 heterocycles. The summed E-state index contributed by atoms with van der Waals surface area (Å²) >= 11 is 7.40. The van der Waals surface area contributed by atoms with E-state index < -0.39 is 34.9 Å². The monoisotopic (exact) mass is 464 g/mol. The zero-order valence-electron chi connectivity index (χ0n) is 16.4. The lowest BCUT2D eigenvalue weighted by Gasteiger charge is -2.36. The summed E-state index contributed by atoms with van der Waals surface area (Å²) in [6.07, 6.45) is 0.